The third-order valence-corrected chi connectivity index (χ3v) is 6.28. The standard InChI is InChI=1S/C29H27FN4O2S/c1-34(15-5-6-16-35)24-13-11-23(12-14-24)33-27(21-9-10-22(18-31)26(30)17-21)28(36)29(37)25(19-32)20-7-3-2-4-8-20/h2-4,7-14,16-17,19,27,33H,5-6,15,32H2,1H3. The molecule has 0 spiro atoms. The molecule has 37 heavy (non-hydrogen) atoms. The van der Waals surface area contributed by atoms with Crippen LogP contribution in [0.2, 0.25) is 0 Å². The molecule has 0 aliphatic carbocycles. The molecule has 3 N–H and O–H groups in total. The molecule has 0 fully saturated rings. The van der Waals surface area contributed by atoms with E-state index in [1.54, 1.807) is 18.2 Å². The van der Waals surface area contributed by atoms with Crippen LogP contribution in [0, 0.1) is 17.1 Å². The lowest BCUT2D eigenvalue weighted by atomic mass is 9.93. The highest BCUT2D eigenvalue weighted by atomic mass is 32.1. The number of thiocarbonyl (C=S) groups is 1. The van der Waals surface area contributed by atoms with Gasteiger partial charge in [-0.3, -0.25) is 4.79 Å². The number of halogens is 1. The summed E-state index contributed by atoms with van der Waals surface area (Å²) in [5, 5.41) is 12.3. The molecule has 6 nitrogen and oxygen atoms in total. The number of aldehydes is 1. The second-order valence-electron chi connectivity index (χ2n) is 8.35. The SMILES string of the molecule is CN(CCCC=O)c1ccc(NC(C(=O)C(=S)C(=CN)c2ccccc2)c2ccc(C#N)c(F)c2)cc1. The predicted octanol–water partition coefficient (Wildman–Crippen LogP) is 5.20. The molecule has 0 saturated carbocycles. The minimum absolute atomic E-state index is 0.00231. The molecule has 1 unspecified atom stereocenters. The Balaban J connectivity index is 1.92. The van der Waals surface area contributed by atoms with Crippen molar-refractivity contribution in [1.82, 2.24) is 0 Å². The van der Waals surface area contributed by atoms with E-state index in [4.69, 9.17) is 23.2 Å². The van der Waals surface area contributed by atoms with Gasteiger partial charge >= 0.3 is 0 Å². The number of carbonyl (C=O) groups is 2. The molecule has 0 saturated heterocycles. The van der Waals surface area contributed by atoms with Crippen molar-refractivity contribution in [2.45, 2.75) is 18.9 Å². The molecule has 0 aromatic heterocycles. The summed E-state index contributed by atoms with van der Waals surface area (Å²) in [6.07, 6.45) is 3.44. The Hall–Kier alpha value is -4.35. The van der Waals surface area contributed by atoms with Crippen molar-refractivity contribution in [2.24, 2.45) is 5.73 Å². The van der Waals surface area contributed by atoms with Gasteiger partial charge in [-0.15, -0.1) is 0 Å². The Morgan fingerprint density at radius 3 is 2.46 bits per heavy atom. The molecule has 0 aliphatic rings. The molecular formula is C29H27FN4O2S. The van der Waals surface area contributed by atoms with E-state index in [1.807, 2.05) is 54.4 Å². The number of anilines is 2. The van der Waals surface area contributed by atoms with Crippen LogP contribution in [0.4, 0.5) is 15.8 Å². The fourth-order valence-corrected chi connectivity index (χ4v) is 4.11. The van der Waals surface area contributed by atoms with Crippen LogP contribution in [0.25, 0.3) is 5.57 Å². The van der Waals surface area contributed by atoms with E-state index in [9.17, 15) is 14.0 Å². The maximum absolute atomic E-state index is 14.5. The van der Waals surface area contributed by atoms with E-state index in [-0.39, 0.29) is 10.4 Å². The number of rotatable bonds is 12. The van der Waals surface area contributed by atoms with Crippen LogP contribution >= 0.6 is 12.2 Å². The molecule has 0 bridgehead atoms. The van der Waals surface area contributed by atoms with Crippen LogP contribution in [-0.2, 0) is 9.59 Å². The summed E-state index contributed by atoms with van der Waals surface area (Å²) in [7, 11) is 1.93. The fourth-order valence-electron chi connectivity index (χ4n) is 3.81. The number of nitriles is 1. The van der Waals surface area contributed by atoms with Crippen LogP contribution in [0.15, 0.2) is 79.0 Å². The van der Waals surface area contributed by atoms with Crippen molar-refractivity contribution in [3.05, 3.63) is 102 Å². The Morgan fingerprint density at radius 1 is 1.16 bits per heavy atom. The number of nitrogens with one attached hydrogen (secondary N) is 1. The number of allylic oxidation sites excluding steroid dienone is 1. The van der Waals surface area contributed by atoms with Crippen LogP contribution in [0.1, 0.15) is 35.6 Å². The third-order valence-electron chi connectivity index (χ3n) is 5.86. The molecule has 3 aromatic rings. The number of benzene rings is 3. The van der Waals surface area contributed by atoms with Gasteiger partial charge in [0.15, 0.2) is 0 Å². The average molecular weight is 515 g/mol. The number of hydrogen-bond acceptors (Lipinski definition) is 7. The van der Waals surface area contributed by atoms with Gasteiger partial charge in [0.05, 0.1) is 10.4 Å². The summed E-state index contributed by atoms with van der Waals surface area (Å²) in [6.45, 7) is 0.721. The highest BCUT2D eigenvalue weighted by Crippen LogP contribution is 2.27. The molecule has 0 heterocycles. The van der Waals surface area contributed by atoms with Gasteiger partial charge in [-0.25, -0.2) is 4.39 Å². The van der Waals surface area contributed by atoms with Gasteiger partial charge in [0, 0.05) is 43.2 Å². The van der Waals surface area contributed by atoms with E-state index in [1.165, 1.54) is 24.4 Å². The maximum Gasteiger partial charge on any atom is 0.201 e. The quantitative estimate of drug-likeness (QED) is 0.148. The van der Waals surface area contributed by atoms with Gasteiger partial charge in [0.2, 0.25) is 5.78 Å². The zero-order valence-electron chi connectivity index (χ0n) is 20.4. The van der Waals surface area contributed by atoms with Gasteiger partial charge in [0.1, 0.15) is 24.2 Å². The van der Waals surface area contributed by atoms with Crippen LogP contribution < -0.4 is 16.0 Å². The smallest absolute Gasteiger partial charge is 0.201 e. The molecular weight excluding hydrogens is 487 g/mol. The summed E-state index contributed by atoms with van der Waals surface area (Å²) in [6, 6.07) is 21.3. The Labute approximate surface area is 221 Å². The first-order chi connectivity index (χ1) is 17.9. The van der Waals surface area contributed by atoms with E-state index in [0.717, 1.165) is 24.9 Å². The first-order valence-electron chi connectivity index (χ1n) is 11.7. The number of ketones is 1. The van der Waals surface area contributed by atoms with E-state index in [2.05, 4.69) is 5.32 Å². The zero-order valence-corrected chi connectivity index (χ0v) is 21.2. The first-order valence-corrected chi connectivity index (χ1v) is 12.1. The number of nitrogens with two attached hydrogens (primary N) is 1. The average Bonchev–Trinajstić information content (AvgIpc) is 2.92. The van der Waals surface area contributed by atoms with E-state index < -0.39 is 17.6 Å². The largest absolute Gasteiger partial charge is 0.404 e. The molecule has 0 radical (unpaired) electrons. The van der Waals surface area contributed by atoms with Gasteiger partial charge in [-0.2, -0.15) is 5.26 Å². The number of nitrogens with zero attached hydrogens (tertiary/aromatic N) is 2. The molecule has 0 aliphatic heterocycles. The normalized spacial score (nSPS) is 11.8. The lowest BCUT2D eigenvalue weighted by molar-refractivity contribution is -0.113. The van der Waals surface area contributed by atoms with E-state index in [0.29, 0.717) is 28.8 Å². The summed E-state index contributed by atoms with van der Waals surface area (Å²) in [4.78, 5) is 26.3. The summed E-state index contributed by atoms with van der Waals surface area (Å²) in [5.74, 6) is -1.19. The Kier molecular flexibility index (Phi) is 9.64. The maximum atomic E-state index is 14.5. The highest BCUT2D eigenvalue weighted by molar-refractivity contribution is 7.83. The van der Waals surface area contributed by atoms with Crippen molar-refractivity contribution in [2.75, 3.05) is 23.8 Å². The molecule has 8 heteroatoms. The van der Waals surface area contributed by atoms with Crippen molar-refractivity contribution in [3.8, 4) is 6.07 Å². The zero-order chi connectivity index (χ0) is 26.8. The van der Waals surface area contributed by atoms with Gasteiger partial charge < -0.3 is 20.7 Å². The monoisotopic (exact) mass is 514 g/mol. The Bertz CT molecular complexity index is 1330. The van der Waals surface area contributed by atoms with Crippen molar-refractivity contribution >= 4 is 46.1 Å². The topological polar surface area (TPSA) is 99.2 Å². The lowest BCUT2D eigenvalue weighted by Crippen LogP contribution is -2.28. The minimum atomic E-state index is -1.02. The van der Waals surface area contributed by atoms with Gasteiger partial charge in [0.25, 0.3) is 0 Å². The fraction of sp³-hybridized carbons (Fsp3) is 0.172. The number of hydrogen-bond donors (Lipinski definition) is 2. The Morgan fingerprint density at radius 2 is 1.86 bits per heavy atom. The van der Waals surface area contributed by atoms with Crippen LogP contribution in [0.3, 0.4) is 0 Å². The highest BCUT2D eigenvalue weighted by Gasteiger charge is 2.27. The van der Waals surface area contributed by atoms with Crippen molar-refractivity contribution < 1.29 is 14.0 Å². The second kappa shape index (κ2) is 13.1. The number of carbonyl (C=O) groups excluding carboxylic acids is 2. The number of Topliss-reactive ketones (excluding diaryl/α,β-unsaturated/α-hetero) is 1. The molecule has 0 amide bonds. The summed E-state index contributed by atoms with van der Waals surface area (Å²) >= 11 is 5.54. The second-order valence-corrected chi connectivity index (χ2v) is 8.75. The van der Waals surface area contributed by atoms with Crippen molar-refractivity contribution in [1.29, 1.82) is 5.26 Å². The molecule has 3 aromatic carbocycles. The molecule has 1 atom stereocenters. The van der Waals surface area contributed by atoms with Crippen LogP contribution in [0.5, 0.6) is 0 Å². The lowest BCUT2D eigenvalue weighted by Gasteiger charge is -2.22. The van der Waals surface area contributed by atoms with Crippen LogP contribution in [-0.4, -0.2) is 30.5 Å². The predicted molar refractivity (Wildman–Crippen MR) is 149 cm³/mol. The molecule has 3 rings (SSSR count). The molecule has 188 valence electrons. The minimum Gasteiger partial charge on any atom is -0.404 e. The number of unbranched alkanes of at least 4 members (excludes halogenated alkanes) is 1. The third kappa shape index (κ3) is 6.87. The summed E-state index contributed by atoms with van der Waals surface area (Å²) < 4.78 is 14.5. The van der Waals surface area contributed by atoms with E-state index >= 15 is 0 Å². The summed E-state index contributed by atoms with van der Waals surface area (Å²) in [5.41, 5.74) is 8.69. The van der Waals surface area contributed by atoms with Gasteiger partial charge in [-0.1, -0.05) is 48.6 Å². The van der Waals surface area contributed by atoms with Crippen molar-refractivity contribution in [3.63, 3.8) is 0 Å². The first kappa shape index (κ1) is 27.2. The van der Waals surface area contributed by atoms with Gasteiger partial charge in [-0.05, 0) is 53.9 Å².